The zero-order chi connectivity index (χ0) is 14.9. The van der Waals surface area contributed by atoms with Crippen LogP contribution in [0.2, 0.25) is 0 Å². The first-order chi connectivity index (χ1) is 10.8. The molecule has 0 bridgehead atoms. The molecule has 1 N–H and O–H groups in total. The molecule has 0 radical (unpaired) electrons. The molecular weight excluding hydrogens is 298 g/mol. The van der Waals surface area contributed by atoms with Crippen molar-refractivity contribution < 1.29 is 4.79 Å². The van der Waals surface area contributed by atoms with E-state index in [2.05, 4.69) is 31.0 Å². The van der Waals surface area contributed by atoms with Gasteiger partial charge in [0.1, 0.15) is 5.69 Å². The Morgan fingerprint density at radius 3 is 3.14 bits per heavy atom. The van der Waals surface area contributed by atoms with E-state index in [1.807, 2.05) is 6.20 Å². The van der Waals surface area contributed by atoms with Crippen molar-refractivity contribution in [2.45, 2.75) is 25.4 Å². The molecule has 2 aromatic heterocycles. The summed E-state index contributed by atoms with van der Waals surface area (Å²) in [6.45, 7) is 3.67. The number of rotatable bonds is 5. The van der Waals surface area contributed by atoms with E-state index in [1.54, 1.807) is 10.9 Å². The van der Waals surface area contributed by atoms with Gasteiger partial charge in [-0.3, -0.25) is 14.4 Å². The van der Waals surface area contributed by atoms with E-state index in [1.165, 1.54) is 36.4 Å². The van der Waals surface area contributed by atoms with Crippen molar-refractivity contribution in [1.82, 2.24) is 25.0 Å². The molecule has 3 heterocycles. The van der Waals surface area contributed by atoms with E-state index in [0.717, 1.165) is 19.0 Å². The fourth-order valence-electron chi connectivity index (χ4n) is 3.05. The Kier molecular flexibility index (Phi) is 3.67. The number of carbonyl (C=O) groups is 1. The molecule has 0 aromatic carbocycles. The molecule has 1 saturated carbocycles. The van der Waals surface area contributed by atoms with Gasteiger partial charge in [-0.2, -0.15) is 5.10 Å². The molecule has 2 aromatic rings. The van der Waals surface area contributed by atoms with Gasteiger partial charge in [-0.05, 0) is 24.8 Å². The Morgan fingerprint density at radius 1 is 1.45 bits per heavy atom. The van der Waals surface area contributed by atoms with E-state index in [4.69, 9.17) is 0 Å². The Bertz CT molecular complexity index is 649. The van der Waals surface area contributed by atoms with Crippen molar-refractivity contribution >= 4 is 17.2 Å². The number of nitrogens with zero attached hydrogens (tertiary/aromatic N) is 4. The van der Waals surface area contributed by atoms with Gasteiger partial charge in [0.2, 0.25) is 0 Å². The molecule has 1 fully saturated rings. The van der Waals surface area contributed by atoms with Crippen molar-refractivity contribution in [3.05, 3.63) is 34.5 Å². The van der Waals surface area contributed by atoms with Gasteiger partial charge in [-0.1, -0.05) is 0 Å². The number of hydrogen-bond acceptors (Lipinski definition) is 5. The summed E-state index contributed by atoms with van der Waals surface area (Å²) in [5, 5.41) is 9.20. The minimum Gasteiger partial charge on any atom is -0.348 e. The minimum absolute atomic E-state index is 0.103. The number of thiazole rings is 1. The van der Waals surface area contributed by atoms with Crippen LogP contribution in [-0.2, 0) is 6.54 Å². The molecular formula is C15H19N5OS. The largest absolute Gasteiger partial charge is 0.348 e. The second kappa shape index (κ2) is 5.81. The molecule has 1 aliphatic heterocycles. The van der Waals surface area contributed by atoms with Gasteiger partial charge >= 0.3 is 0 Å². The van der Waals surface area contributed by atoms with Gasteiger partial charge in [0.25, 0.3) is 5.91 Å². The Hall–Kier alpha value is -1.73. The predicted octanol–water partition coefficient (Wildman–Crippen LogP) is 1.54. The fourth-order valence-corrected chi connectivity index (χ4v) is 3.58. The number of nitrogens with one attached hydrogen (secondary N) is 1. The van der Waals surface area contributed by atoms with Crippen LogP contribution in [0.5, 0.6) is 0 Å². The first-order valence-electron chi connectivity index (χ1n) is 7.71. The van der Waals surface area contributed by atoms with E-state index in [0.29, 0.717) is 12.2 Å². The lowest BCUT2D eigenvalue weighted by molar-refractivity contribution is 0.0928. The summed E-state index contributed by atoms with van der Waals surface area (Å²) in [5.74, 6) is 0.772. The van der Waals surface area contributed by atoms with Crippen molar-refractivity contribution in [2.24, 2.45) is 5.92 Å². The number of hydrogen-bond donors (Lipinski definition) is 1. The third-order valence-electron chi connectivity index (χ3n) is 4.33. The molecule has 1 amide bonds. The monoisotopic (exact) mass is 317 g/mol. The van der Waals surface area contributed by atoms with Gasteiger partial charge < -0.3 is 5.32 Å². The molecule has 6 nitrogen and oxygen atoms in total. The van der Waals surface area contributed by atoms with E-state index >= 15 is 0 Å². The predicted molar refractivity (Wildman–Crippen MR) is 83.7 cm³/mol. The molecule has 1 unspecified atom stereocenters. The summed E-state index contributed by atoms with van der Waals surface area (Å²) in [6, 6.07) is 2.27. The van der Waals surface area contributed by atoms with Crippen LogP contribution in [0, 0.1) is 5.92 Å². The summed E-state index contributed by atoms with van der Waals surface area (Å²) < 4.78 is 2.06. The van der Waals surface area contributed by atoms with Crippen LogP contribution < -0.4 is 5.32 Å². The number of carbonyl (C=O) groups excluding carboxylic acids is 1. The maximum Gasteiger partial charge on any atom is 0.270 e. The highest BCUT2D eigenvalue weighted by Crippen LogP contribution is 2.31. The van der Waals surface area contributed by atoms with Crippen molar-refractivity contribution in [2.75, 3.05) is 19.6 Å². The lowest BCUT2D eigenvalue weighted by atomic mass is 10.1. The highest BCUT2D eigenvalue weighted by Gasteiger charge is 2.30. The maximum absolute atomic E-state index is 12.1. The first kappa shape index (κ1) is 13.9. The Morgan fingerprint density at radius 2 is 2.36 bits per heavy atom. The highest BCUT2D eigenvalue weighted by atomic mass is 32.1. The van der Waals surface area contributed by atoms with Crippen LogP contribution in [0.4, 0.5) is 0 Å². The van der Waals surface area contributed by atoms with Crippen LogP contribution in [0.15, 0.2) is 23.2 Å². The summed E-state index contributed by atoms with van der Waals surface area (Å²) in [5.41, 5.74) is 3.41. The molecule has 1 atom stereocenters. The third kappa shape index (κ3) is 2.91. The third-order valence-corrected chi connectivity index (χ3v) is 4.92. The molecule has 1 aliphatic carbocycles. The highest BCUT2D eigenvalue weighted by molar-refractivity contribution is 7.07. The number of fused-ring (bicyclic) bond motifs is 1. The first-order valence-corrected chi connectivity index (χ1v) is 8.65. The van der Waals surface area contributed by atoms with Gasteiger partial charge in [-0.15, -0.1) is 11.3 Å². The number of aromatic nitrogens is 3. The Labute approximate surface area is 133 Å². The lowest BCUT2D eigenvalue weighted by Crippen LogP contribution is -2.43. The maximum atomic E-state index is 12.1. The molecule has 4 rings (SSSR count). The summed E-state index contributed by atoms with van der Waals surface area (Å²) in [7, 11) is 0. The van der Waals surface area contributed by atoms with Crippen molar-refractivity contribution in [1.29, 1.82) is 0 Å². The quantitative estimate of drug-likeness (QED) is 0.908. The van der Waals surface area contributed by atoms with Crippen LogP contribution in [-0.4, -0.2) is 45.2 Å². The van der Waals surface area contributed by atoms with E-state index in [9.17, 15) is 4.79 Å². The second-order valence-corrected chi connectivity index (χ2v) is 6.86. The average molecular weight is 317 g/mol. The van der Waals surface area contributed by atoms with Gasteiger partial charge in [0, 0.05) is 37.8 Å². The smallest absolute Gasteiger partial charge is 0.270 e. The zero-order valence-corrected chi connectivity index (χ0v) is 13.1. The summed E-state index contributed by atoms with van der Waals surface area (Å²) in [4.78, 5) is 18.6. The standard InChI is InChI=1S/C15H19N5OS/c21-15(14-9-22-10-17-14)16-5-13-8-19(6-11-1-2-11)7-12-3-4-18-20(12)13/h3-4,9-11,13H,1-2,5-8H2,(H,16,21). The van der Waals surface area contributed by atoms with Gasteiger partial charge in [-0.25, -0.2) is 4.98 Å². The zero-order valence-electron chi connectivity index (χ0n) is 12.3. The van der Waals surface area contributed by atoms with Crippen LogP contribution in [0.3, 0.4) is 0 Å². The van der Waals surface area contributed by atoms with E-state index < -0.39 is 0 Å². The summed E-state index contributed by atoms with van der Waals surface area (Å²) in [6.07, 6.45) is 4.58. The second-order valence-electron chi connectivity index (χ2n) is 6.14. The Balaban J connectivity index is 1.42. The molecule has 116 valence electrons. The van der Waals surface area contributed by atoms with Gasteiger partial charge in [0.05, 0.1) is 17.2 Å². The molecule has 7 heteroatoms. The van der Waals surface area contributed by atoms with Gasteiger partial charge in [0.15, 0.2) is 0 Å². The summed E-state index contributed by atoms with van der Waals surface area (Å²) >= 11 is 1.44. The van der Waals surface area contributed by atoms with Crippen molar-refractivity contribution in [3.63, 3.8) is 0 Å². The topological polar surface area (TPSA) is 63.1 Å². The molecule has 0 spiro atoms. The molecule has 2 aliphatic rings. The van der Waals surface area contributed by atoms with E-state index in [-0.39, 0.29) is 11.9 Å². The van der Waals surface area contributed by atoms with Crippen LogP contribution in [0.1, 0.15) is 35.1 Å². The fraction of sp³-hybridized carbons (Fsp3) is 0.533. The van der Waals surface area contributed by atoms with Crippen molar-refractivity contribution in [3.8, 4) is 0 Å². The van der Waals surface area contributed by atoms with Crippen LogP contribution in [0.25, 0.3) is 0 Å². The molecule has 22 heavy (non-hydrogen) atoms. The molecule has 0 saturated heterocycles. The van der Waals surface area contributed by atoms with Crippen LogP contribution >= 0.6 is 11.3 Å². The average Bonchev–Trinajstić information content (AvgIpc) is 3.02. The number of amides is 1. The minimum atomic E-state index is -0.103. The lowest BCUT2D eigenvalue weighted by Gasteiger charge is -2.34. The SMILES string of the molecule is O=C(NCC1CN(CC2CC2)Cc2ccnn21)c1cscn1. The normalized spacial score (nSPS) is 21.5.